The number of hydrogen-bond donors (Lipinski definition) is 3. The third-order valence-corrected chi connectivity index (χ3v) is 6.43. The lowest BCUT2D eigenvalue weighted by Crippen LogP contribution is -2.29. The largest absolute Gasteiger partial charge is 0.506 e. The predicted molar refractivity (Wildman–Crippen MR) is 120 cm³/mol. The maximum absolute atomic E-state index is 13.6. The molecule has 8 nitrogen and oxygen atoms in total. The van der Waals surface area contributed by atoms with Crippen molar-refractivity contribution in [3.8, 4) is 11.5 Å². The van der Waals surface area contributed by atoms with Gasteiger partial charge in [0.25, 0.3) is 5.91 Å². The quantitative estimate of drug-likeness (QED) is 0.321. The standard InChI is InChI=1S/C23H16ClF3N2O6/c1-34-13-3-2-4-14-10(13)5-15(35-14)21(31)29-8-9(7-24)16-11(29)6-12(30)19-17(16)18(22(32)33)20(28-19)23(25,26)27/h2-6,9,28,30H,7-8H2,1H3,(H,32,33)/t9-/m1/s1. The molecule has 4 aromatic rings. The van der Waals surface area contributed by atoms with Crippen LogP contribution in [0.1, 0.15) is 38.1 Å². The molecule has 2 aromatic carbocycles. The Kier molecular flexibility index (Phi) is 5.13. The Morgan fingerprint density at radius 2 is 2.06 bits per heavy atom. The topological polar surface area (TPSA) is 116 Å². The number of fused-ring (bicyclic) bond motifs is 4. The van der Waals surface area contributed by atoms with Crippen LogP contribution in [0.15, 0.2) is 34.7 Å². The molecule has 0 bridgehead atoms. The highest BCUT2D eigenvalue weighted by Crippen LogP contribution is 2.49. The minimum Gasteiger partial charge on any atom is -0.506 e. The number of carbonyl (C=O) groups is 2. The van der Waals surface area contributed by atoms with Gasteiger partial charge in [-0.15, -0.1) is 11.6 Å². The summed E-state index contributed by atoms with van der Waals surface area (Å²) in [5, 5.41) is 20.4. The van der Waals surface area contributed by atoms with Crippen LogP contribution in [0, 0.1) is 0 Å². The lowest BCUT2D eigenvalue weighted by Gasteiger charge is -2.16. The monoisotopic (exact) mass is 508 g/mol. The Morgan fingerprint density at radius 1 is 1.31 bits per heavy atom. The Balaban J connectivity index is 1.72. The summed E-state index contributed by atoms with van der Waals surface area (Å²) in [5.41, 5.74) is -2.39. The number of carbonyl (C=O) groups excluding carboxylic acids is 1. The van der Waals surface area contributed by atoms with Gasteiger partial charge in [0.15, 0.2) is 5.76 Å². The number of phenolic OH excluding ortho intramolecular Hbond substituents is 1. The van der Waals surface area contributed by atoms with Gasteiger partial charge in [-0.3, -0.25) is 4.79 Å². The van der Waals surface area contributed by atoms with Crippen LogP contribution in [0.4, 0.5) is 18.9 Å². The fraction of sp³-hybridized carbons (Fsp3) is 0.217. The van der Waals surface area contributed by atoms with Crippen LogP contribution in [0.2, 0.25) is 0 Å². The van der Waals surface area contributed by atoms with E-state index in [0.717, 1.165) is 6.07 Å². The minimum atomic E-state index is -5.02. The molecule has 1 aliphatic heterocycles. The summed E-state index contributed by atoms with van der Waals surface area (Å²) in [4.78, 5) is 28.5. The van der Waals surface area contributed by atoms with Gasteiger partial charge >= 0.3 is 12.1 Å². The molecule has 1 atom stereocenters. The second-order valence-electron chi connectivity index (χ2n) is 8.01. The van der Waals surface area contributed by atoms with Crippen molar-refractivity contribution >= 4 is 51.0 Å². The number of nitrogens with one attached hydrogen (secondary N) is 1. The second kappa shape index (κ2) is 7.84. The number of rotatable bonds is 4. The molecule has 12 heteroatoms. The van der Waals surface area contributed by atoms with Gasteiger partial charge in [0.05, 0.1) is 29.3 Å². The zero-order valence-electron chi connectivity index (χ0n) is 17.9. The molecule has 0 spiro atoms. The van der Waals surface area contributed by atoms with E-state index >= 15 is 0 Å². The Labute approximate surface area is 199 Å². The number of aromatic hydroxyl groups is 1. The number of alkyl halides is 4. The van der Waals surface area contributed by atoms with E-state index in [2.05, 4.69) is 0 Å². The highest BCUT2D eigenvalue weighted by atomic mass is 35.5. The van der Waals surface area contributed by atoms with Crippen LogP contribution in [-0.4, -0.2) is 46.6 Å². The number of halogens is 4. The van der Waals surface area contributed by atoms with Crippen LogP contribution in [0.5, 0.6) is 11.5 Å². The summed E-state index contributed by atoms with van der Waals surface area (Å²) in [5.74, 6) is -3.53. The van der Waals surface area contributed by atoms with Gasteiger partial charge in [0, 0.05) is 35.9 Å². The van der Waals surface area contributed by atoms with E-state index in [1.165, 1.54) is 18.1 Å². The molecule has 2 aromatic heterocycles. The fourth-order valence-corrected chi connectivity index (χ4v) is 4.86. The zero-order valence-corrected chi connectivity index (χ0v) is 18.6. The smallest absolute Gasteiger partial charge is 0.432 e. The average Bonchev–Trinajstić information content (AvgIpc) is 3.50. The number of aromatic carboxylic acids is 1. The summed E-state index contributed by atoms with van der Waals surface area (Å²) in [7, 11) is 1.46. The minimum absolute atomic E-state index is 0.0493. The highest BCUT2D eigenvalue weighted by molar-refractivity contribution is 6.20. The summed E-state index contributed by atoms with van der Waals surface area (Å²) in [6.07, 6.45) is -5.02. The van der Waals surface area contributed by atoms with Gasteiger partial charge in [-0.1, -0.05) is 6.07 Å². The Bertz CT molecular complexity index is 1520. The number of H-pyrrole nitrogens is 1. The third kappa shape index (κ3) is 3.37. The molecular weight excluding hydrogens is 493 g/mol. The molecule has 5 rings (SSSR count). The summed E-state index contributed by atoms with van der Waals surface area (Å²) in [6, 6.07) is 7.60. The second-order valence-corrected chi connectivity index (χ2v) is 8.31. The third-order valence-electron chi connectivity index (χ3n) is 6.06. The number of hydrogen-bond acceptors (Lipinski definition) is 5. The summed E-state index contributed by atoms with van der Waals surface area (Å²) in [6.45, 7) is -0.0595. The molecule has 35 heavy (non-hydrogen) atoms. The molecule has 182 valence electrons. The van der Waals surface area contributed by atoms with Gasteiger partial charge in [0.1, 0.15) is 22.8 Å². The number of amides is 1. The van der Waals surface area contributed by atoms with Gasteiger partial charge in [-0.25, -0.2) is 4.79 Å². The number of phenols is 1. The first kappa shape index (κ1) is 22.9. The number of nitrogens with zero attached hydrogens (tertiary/aromatic N) is 1. The number of anilines is 1. The van der Waals surface area contributed by atoms with Crippen molar-refractivity contribution in [3.05, 3.63) is 52.9 Å². The van der Waals surface area contributed by atoms with Gasteiger partial charge in [0.2, 0.25) is 0 Å². The molecular formula is C23H16ClF3N2O6. The van der Waals surface area contributed by atoms with Crippen molar-refractivity contribution in [2.24, 2.45) is 0 Å². The molecule has 3 N–H and O–H groups in total. The van der Waals surface area contributed by atoms with E-state index in [1.807, 2.05) is 4.98 Å². The lowest BCUT2D eigenvalue weighted by atomic mass is 9.95. The first-order valence-corrected chi connectivity index (χ1v) is 10.8. The Morgan fingerprint density at radius 3 is 2.69 bits per heavy atom. The highest BCUT2D eigenvalue weighted by Gasteiger charge is 2.43. The number of aromatic nitrogens is 1. The molecule has 1 aliphatic rings. The maximum Gasteiger partial charge on any atom is 0.432 e. The number of benzene rings is 2. The molecule has 3 heterocycles. The van der Waals surface area contributed by atoms with Crippen molar-refractivity contribution in [1.82, 2.24) is 4.98 Å². The Hall–Kier alpha value is -3.86. The molecule has 0 saturated carbocycles. The van der Waals surface area contributed by atoms with Crippen molar-refractivity contribution in [3.63, 3.8) is 0 Å². The van der Waals surface area contributed by atoms with E-state index < -0.39 is 46.5 Å². The number of carboxylic acids is 1. The van der Waals surface area contributed by atoms with Crippen molar-refractivity contribution in [2.75, 3.05) is 24.4 Å². The first-order valence-electron chi connectivity index (χ1n) is 10.2. The SMILES string of the molecule is COc1cccc2oc(C(=O)N3C[C@@H](CCl)c4c3cc(O)c3[nH]c(C(F)(F)F)c(C(=O)O)c43)cc12. The lowest BCUT2D eigenvalue weighted by molar-refractivity contribution is -0.141. The average molecular weight is 509 g/mol. The van der Waals surface area contributed by atoms with E-state index in [0.29, 0.717) is 16.7 Å². The molecule has 0 aliphatic carbocycles. The molecule has 0 radical (unpaired) electrons. The van der Waals surface area contributed by atoms with Crippen LogP contribution >= 0.6 is 11.6 Å². The van der Waals surface area contributed by atoms with Crippen molar-refractivity contribution < 1.29 is 42.1 Å². The first-order chi connectivity index (χ1) is 16.6. The van der Waals surface area contributed by atoms with E-state index in [1.54, 1.807) is 18.2 Å². The summed E-state index contributed by atoms with van der Waals surface area (Å²) < 4.78 is 51.8. The number of carboxylic acid groups (broad SMARTS) is 1. The number of aromatic amines is 1. The van der Waals surface area contributed by atoms with Crippen molar-refractivity contribution in [1.29, 1.82) is 0 Å². The number of furan rings is 1. The van der Waals surface area contributed by atoms with E-state index in [9.17, 15) is 33.0 Å². The normalized spacial score (nSPS) is 15.7. The zero-order chi connectivity index (χ0) is 25.2. The number of ether oxygens (including phenoxy) is 1. The molecule has 0 saturated heterocycles. The predicted octanol–water partition coefficient (Wildman–Crippen LogP) is 5.33. The van der Waals surface area contributed by atoms with E-state index in [4.69, 9.17) is 20.8 Å². The van der Waals surface area contributed by atoms with Crippen LogP contribution in [-0.2, 0) is 6.18 Å². The molecule has 0 fully saturated rings. The molecule has 0 unspecified atom stereocenters. The van der Waals surface area contributed by atoms with E-state index in [-0.39, 0.29) is 34.8 Å². The van der Waals surface area contributed by atoms with Crippen LogP contribution in [0.25, 0.3) is 21.9 Å². The van der Waals surface area contributed by atoms with Crippen LogP contribution in [0.3, 0.4) is 0 Å². The fourth-order valence-electron chi connectivity index (χ4n) is 4.61. The van der Waals surface area contributed by atoms with Gasteiger partial charge < -0.3 is 29.3 Å². The van der Waals surface area contributed by atoms with Gasteiger partial charge in [-0.2, -0.15) is 13.2 Å². The van der Waals surface area contributed by atoms with Crippen molar-refractivity contribution in [2.45, 2.75) is 12.1 Å². The van der Waals surface area contributed by atoms with Crippen LogP contribution < -0.4 is 9.64 Å². The maximum atomic E-state index is 13.6. The molecule has 1 amide bonds. The number of methoxy groups -OCH3 is 1. The van der Waals surface area contributed by atoms with Gasteiger partial charge in [-0.05, 0) is 17.7 Å². The summed E-state index contributed by atoms with van der Waals surface area (Å²) >= 11 is 6.10.